The third kappa shape index (κ3) is 5.61. The van der Waals surface area contributed by atoms with Gasteiger partial charge in [0.15, 0.2) is 6.73 Å². The molecule has 3 aromatic rings. The highest BCUT2D eigenvalue weighted by Gasteiger charge is 2.32. The molecule has 2 aromatic carbocycles. The maximum Gasteiger partial charge on any atom is 0.243 e. The molecule has 1 N–H and O–H groups in total. The number of carbonyl (C=O) groups excluding carboxylic acids is 1. The summed E-state index contributed by atoms with van der Waals surface area (Å²) < 4.78 is 34.3. The summed E-state index contributed by atoms with van der Waals surface area (Å²) in [6.07, 6.45) is 5.22. The zero-order valence-electron chi connectivity index (χ0n) is 18.6. The van der Waals surface area contributed by atoms with Gasteiger partial charge in [-0.3, -0.25) is 4.79 Å². The van der Waals surface area contributed by atoms with Crippen molar-refractivity contribution >= 4 is 21.6 Å². The van der Waals surface area contributed by atoms with Crippen LogP contribution in [0.5, 0.6) is 5.75 Å². The second kappa shape index (κ2) is 10.2. The Labute approximate surface area is 194 Å². The Bertz CT molecular complexity index is 1170. The van der Waals surface area contributed by atoms with Crippen LogP contribution in [0, 0.1) is 5.92 Å². The zero-order valence-corrected chi connectivity index (χ0v) is 19.4. The van der Waals surface area contributed by atoms with Crippen molar-refractivity contribution in [3.8, 4) is 5.75 Å². The molecule has 0 spiro atoms. The van der Waals surface area contributed by atoms with Crippen molar-refractivity contribution in [1.82, 2.24) is 14.1 Å². The Hall–Kier alpha value is -3.17. The standard InChI is InChI=1S/C24H28N4O4S/c1-2-19-8-10-22(11-9-19)32-18-27-17-21(16-25-27)26-24(29)20-12-14-28(15-13-20)33(30,31)23-6-4-3-5-7-23/h3-11,16-17,20H,2,12-15,18H2,1H3,(H,26,29). The number of benzene rings is 2. The summed E-state index contributed by atoms with van der Waals surface area (Å²) in [7, 11) is -3.53. The number of hydrogen-bond acceptors (Lipinski definition) is 5. The van der Waals surface area contributed by atoms with Gasteiger partial charge in [-0.15, -0.1) is 0 Å². The molecule has 1 aliphatic rings. The van der Waals surface area contributed by atoms with E-state index in [0.29, 0.717) is 31.6 Å². The second-order valence-electron chi connectivity index (χ2n) is 8.02. The maximum atomic E-state index is 12.8. The summed E-state index contributed by atoms with van der Waals surface area (Å²) in [5.74, 6) is 0.386. The lowest BCUT2D eigenvalue weighted by atomic mass is 9.97. The van der Waals surface area contributed by atoms with Crippen LogP contribution in [-0.2, 0) is 28.0 Å². The number of ether oxygens (including phenoxy) is 1. The van der Waals surface area contributed by atoms with Crippen molar-refractivity contribution in [3.63, 3.8) is 0 Å². The minimum atomic E-state index is -3.53. The van der Waals surface area contributed by atoms with Crippen LogP contribution in [0.25, 0.3) is 0 Å². The molecule has 0 aliphatic carbocycles. The van der Waals surface area contributed by atoms with E-state index in [2.05, 4.69) is 17.3 Å². The lowest BCUT2D eigenvalue weighted by Crippen LogP contribution is -2.41. The van der Waals surface area contributed by atoms with Crippen molar-refractivity contribution in [2.24, 2.45) is 5.92 Å². The number of nitrogens with one attached hydrogen (secondary N) is 1. The van der Waals surface area contributed by atoms with E-state index < -0.39 is 10.0 Å². The van der Waals surface area contributed by atoms with Gasteiger partial charge in [-0.1, -0.05) is 37.3 Å². The van der Waals surface area contributed by atoms with Gasteiger partial charge in [-0.05, 0) is 49.1 Å². The average molecular weight is 469 g/mol. The molecule has 0 unspecified atom stereocenters. The highest BCUT2D eigenvalue weighted by atomic mass is 32.2. The van der Waals surface area contributed by atoms with Crippen molar-refractivity contribution < 1.29 is 17.9 Å². The topological polar surface area (TPSA) is 93.5 Å². The molecule has 4 rings (SSSR count). The van der Waals surface area contributed by atoms with Gasteiger partial charge in [0.05, 0.1) is 23.0 Å². The van der Waals surface area contributed by atoms with E-state index in [1.54, 1.807) is 47.4 Å². The number of aromatic nitrogens is 2. The summed E-state index contributed by atoms with van der Waals surface area (Å²) in [6.45, 7) is 2.97. The van der Waals surface area contributed by atoms with Crippen LogP contribution in [0.2, 0.25) is 0 Å². The monoisotopic (exact) mass is 468 g/mol. The highest BCUT2D eigenvalue weighted by Crippen LogP contribution is 2.25. The van der Waals surface area contributed by atoms with Gasteiger partial charge in [-0.25, -0.2) is 13.1 Å². The molecule has 1 aliphatic heterocycles. The molecule has 0 saturated carbocycles. The molecule has 9 heteroatoms. The van der Waals surface area contributed by atoms with Crippen molar-refractivity contribution in [2.45, 2.75) is 37.8 Å². The number of nitrogens with zero attached hydrogens (tertiary/aromatic N) is 3. The molecule has 1 aromatic heterocycles. The van der Waals surface area contributed by atoms with Gasteiger partial charge in [-0.2, -0.15) is 9.40 Å². The number of amides is 1. The van der Waals surface area contributed by atoms with Crippen LogP contribution in [0.1, 0.15) is 25.3 Å². The first-order valence-corrected chi connectivity index (χ1v) is 12.5. The first-order valence-electron chi connectivity index (χ1n) is 11.1. The van der Waals surface area contributed by atoms with Gasteiger partial charge in [0.1, 0.15) is 5.75 Å². The molecule has 0 bridgehead atoms. The van der Waals surface area contributed by atoms with Gasteiger partial charge in [0, 0.05) is 19.0 Å². The Balaban J connectivity index is 1.27. The van der Waals surface area contributed by atoms with Crippen LogP contribution in [0.4, 0.5) is 5.69 Å². The lowest BCUT2D eigenvalue weighted by molar-refractivity contribution is -0.120. The molecule has 33 heavy (non-hydrogen) atoms. The van der Waals surface area contributed by atoms with Gasteiger partial charge in [0.2, 0.25) is 15.9 Å². The van der Waals surface area contributed by atoms with Crippen LogP contribution in [-0.4, -0.2) is 41.5 Å². The molecule has 1 saturated heterocycles. The van der Waals surface area contributed by atoms with Crippen molar-refractivity contribution in [3.05, 3.63) is 72.6 Å². The van der Waals surface area contributed by atoms with Gasteiger partial charge in [0.25, 0.3) is 0 Å². The third-order valence-corrected chi connectivity index (χ3v) is 7.71. The van der Waals surface area contributed by atoms with Crippen LogP contribution in [0.15, 0.2) is 71.9 Å². The number of aryl methyl sites for hydroxylation is 1. The predicted octanol–water partition coefficient (Wildman–Crippen LogP) is 3.52. The summed E-state index contributed by atoms with van der Waals surface area (Å²) in [6, 6.07) is 16.3. The third-order valence-electron chi connectivity index (χ3n) is 5.80. The molecule has 0 radical (unpaired) electrons. The minimum Gasteiger partial charge on any atom is -0.471 e. The minimum absolute atomic E-state index is 0.123. The van der Waals surface area contributed by atoms with Crippen LogP contribution in [0.3, 0.4) is 0 Å². The molecule has 174 valence electrons. The van der Waals surface area contributed by atoms with E-state index in [9.17, 15) is 13.2 Å². The molecule has 0 atom stereocenters. The number of carbonyl (C=O) groups is 1. The molecule has 2 heterocycles. The van der Waals surface area contributed by atoms with E-state index in [1.165, 1.54) is 9.87 Å². The van der Waals surface area contributed by atoms with Crippen LogP contribution >= 0.6 is 0 Å². The fourth-order valence-corrected chi connectivity index (χ4v) is 5.30. The van der Waals surface area contributed by atoms with Crippen molar-refractivity contribution in [2.75, 3.05) is 18.4 Å². The molecular weight excluding hydrogens is 440 g/mol. The fraction of sp³-hybridized carbons (Fsp3) is 0.333. The van der Waals surface area contributed by atoms with Crippen molar-refractivity contribution in [1.29, 1.82) is 0 Å². The first-order chi connectivity index (χ1) is 16.0. The van der Waals surface area contributed by atoms with E-state index in [-0.39, 0.29) is 23.5 Å². The number of anilines is 1. The first kappa shape index (κ1) is 23.0. The number of rotatable bonds is 8. The Morgan fingerprint density at radius 2 is 1.79 bits per heavy atom. The summed E-state index contributed by atoms with van der Waals surface area (Å²) in [5, 5.41) is 7.12. The Morgan fingerprint density at radius 3 is 2.45 bits per heavy atom. The summed E-state index contributed by atoms with van der Waals surface area (Å²) in [4.78, 5) is 13.0. The number of hydrogen-bond donors (Lipinski definition) is 1. The Kier molecular flexibility index (Phi) is 7.10. The predicted molar refractivity (Wildman–Crippen MR) is 125 cm³/mol. The van der Waals surface area contributed by atoms with Gasteiger partial charge < -0.3 is 10.1 Å². The highest BCUT2D eigenvalue weighted by molar-refractivity contribution is 7.89. The Morgan fingerprint density at radius 1 is 1.09 bits per heavy atom. The average Bonchev–Trinajstić information content (AvgIpc) is 3.31. The molecule has 1 fully saturated rings. The fourth-order valence-electron chi connectivity index (χ4n) is 3.80. The molecular formula is C24H28N4O4S. The van der Waals surface area contributed by atoms with E-state index in [4.69, 9.17) is 4.74 Å². The molecule has 1 amide bonds. The van der Waals surface area contributed by atoms with E-state index in [1.807, 2.05) is 24.3 Å². The normalized spacial score (nSPS) is 15.3. The summed E-state index contributed by atoms with van der Waals surface area (Å²) in [5.41, 5.74) is 1.83. The number of sulfonamides is 1. The lowest BCUT2D eigenvalue weighted by Gasteiger charge is -2.30. The largest absolute Gasteiger partial charge is 0.471 e. The maximum absolute atomic E-state index is 12.8. The van der Waals surface area contributed by atoms with Crippen LogP contribution < -0.4 is 10.1 Å². The number of piperidine rings is 1. The SMILES string of the molecule is CCc1ccc(OCn2cc(NC(=O)C3CCN(S(=O)(=O)c4ccccc4)CC3)cn2)cc1. The van der Waals surface area contributed by atoms with Gasteiger partial charge >= 0.3 is 0 Å². The second-order valence-corrected chi connectivity index (χ2v) is 9.96. The van der Waals surface area contributed by atoms with E-state index in [0.717, 1.165) is 12.2 Å². The molecule has 8 nitrogen and oxygen atoms in total. The van der Waals surface area contributed by atoms with E-state index >= 15 is 0 Å². The quantitative estimate of drug-likeness (QED) is 0.546. The summed E-state index contributed by atoms with van der Waals surface area (Å²) >= 11 is 0. The smallest absolute Gasteiger partial charge is 0.243 e. The zero-order chi connectivity index (χ0) is 23.3.